The van der Waals surface area contributed by atoms with Gasteiger partial charge in [0, 0.05) is 13.0 Å². The van der Waals surface area contributed by atoms with Crippen molar-refractivity contribution < 1.29 is 19.0 Å². The molecule has 1 N–H and O–H groups in total. The molecule has 7 heteroatoms. The van der Waals surface area contributed by atoms with Crippen molar-refractivity contribution in [3.63, 3.8) is 0 Å². The molecule has 0 saturated heterocycles. The summed E-state index contributed by atoms with van der Waals surface area (Å²) in [5.41, 5.74) is 5.36. The third-order valence-corrected chi connectivity index (χ3v) is 6.92. The predicted octanol–water partition coefficient (Wildman–Crippen LogP) is 5.82. The van der Waals surface area contributed by atoms with Gasteiger partial charge in [0.25, 0.3) is 0 Å². The van der Waals surface area contributed by atoms with Gasteiger partial charge in [-0.25, -0.2) is 4.98 Å². The van der Waals surface area contributed by atoms with E-state index >= 15 is 0 Å². The molecule has 1 aromatic heterocycles. The maximum Gasteiger partial charge on any atom is 0.224 e. The van der Waals surface area contributed by atoms with Crippen LogP contribution in [-0.2, 0) is 24.2 Å². The highest BCUT2D eigenvalue weighted by Crippen LogP contribution is 2.28. The van der Waals surface area contributed by atoms with Crippen molar-refractivity contribution in [2.24, 2.45) is 0 Å². The van der Waals surface area contributed by atoms with Crippen molar-refractivity contribution in [1.82, 2.24) is 14.9 Å². The minimum atomic E-state index is 0.00732. The Hall–Kier alpha value is -4.00. The second kappa shape index (κ2) is 13.7. The van der Waals surface area contributed by atoms with E-state index in [1.807, 2.05) is 24.3 Å². The molecule has 4 rings (SSSR count). The van der Waals surface area contributed by atoms with E-state index in [1.165, 1.54) is 0 Å². The quantitative estimate of drug-likeness (QED) is 0.208. The monoisotopic (exact) mass is 529 g/mol. The van der Waals surface area contributed by atoms with Crippen molar-refractivity contribution >= 4 is 16.9 Å². The van der Waals surface area contributed by atoms with Crippen LogP contribution in [0.3, 0.4) is 0 Å². The van der Waals surface area contributed by atoms with E-state index in [0.29, 0.717) is 31.1 Å². The molecule has 1 heterocycles. The number of fused-ring (bicyclic) bond motifs is 1. The Bertz CT molecular complexity index is 1380. The number of aromatic nitrogens is 2. The lowest BCUT2D eigenvalue weighted by atomic mass is 10.1. The molecule has 0 aliphatic rings. The van der Waals surface area contributed by atoms with Crippen LogP contribution in [-0.4, -0.2) is 42.8 Å². The normalized spacial score (nSPS) is 11.0. The molecule has 206 valence electrons. The van der Waals surface area contributed by atoms with Crippen molar-refractivity contribution in [1.29, 1.82) is 0 Å². The number of carbonyl (C=O) groups is 1. The third kappa shape index (κ3) is 7.31. The molecular formula is C32H39N3O4. The zero-order chi connectivity index (χ0) is 27.6. The van der Waals surface area contributed by atoms with Crippen molar-refractivity contribution in [2.45, 2.75) is 52.5 Å². The van der Waals surface area contributed by atoms with E-state index in [9.17, 15) is 4.79 Å². The van der Waals surface area contributed by atoms with Crippen LogP contribution in [0, 0.1) is 13.8 Å². The zero-order valence-corrected chi connectivity index (χ0v) is 23.5. The van der Waals surface area contributed by atoms with Gasteiger partial charge in [0.1, 0.15) is 18.2 Å². The lowest BCUT2D eigenvalue weighted by Crippen LogP contribution is -2.26. The molecule has 0 fully saturated rings. The molecule has 0 saturated carbocycles. The highest BCUT2D eigenvalue weighted by atomic mass is 16.5. The lowest BCUT2D eigenvalue weighted by molar-refractivity contribution is -0.120. The molecule has 0 atom stereocenters. The number of aryl methyl sites for hydroxylation is 3. The summed E-state index contributed by atoms with van der Waals surface area (Å²) < 4.78 is 19.1. The highest BCUT2D eigenvalue weighted by Gasteiger charge is 2.12. The summed E-state index contributed by atoms with van der Waals surface area (Å²) in [6.45, 7) is 6.16. The van der Waals surface area contributed by atoms with Crippen LogP contribution in [0.2, 0.25) is 0 Å². The van der Waals surface area contributed by atoms with Gasteiger partial charge in [0.15, 0.2) is 11.5 Å². The fourth-order valence-corrected chi connectivity index (χ4v) is 4.88. The number of hydrogen-bond donors (Lipinski definition) is 1. The van der Waals surface area contributed by atoms with Crippen LogP contribution < -0.4 is 19.5 Å². The molecule has 0 radical (unpaired) electrons. The van der Waals surface area contributed by atoms with E-state index in [4.69, 9.17) is 19.2 Å². The van der Waals surface area contributed by atoms with Gasteiger partial charge in [-0.2, -0.15) is 0 Å². The smallest absolute Gasteiger partial charge is 0.224 e. The number of nitrogens with one attached hydrogen (secondary N) is 1. The summed E-state index contributed by atoms with van der Waals surface area (Å²) in [5.74, 6) is 3.35. The highest BCUT2D eigenvalue weighted by molar-refractivity contribution is 5.78. The van der Waals surface area contributed by atoms with Gasteiger partial charge < -0.3 is 24.1 Å². The Morgan fingerprint density at radius 1 is 0.897 bits per heavy atom. The summed E-state index contributed by atoms with van der Waals surface area (Å²) in [6.07, 6.45) is 4.14. The Morgan fingerprint density at radius 3 is 2.44 bits per heavy atom. The Labute approximate surface area is 231 Å². The topological polar surface area (TPSA) is 74.6 Å². The van der Waals surface area contributed by atoms with Crippen molar-refractivity contribution in [3.05, 3.63) is 83.2 Å². The fourth-order valence-electron chi connectivity index (χ4n) is 4.88. The molecule has 7 nitrogen and oxygen atoms in total. The van der Waals surface area contributed by atoms with E-state index in [2.05, 4.69) is 60.1 Å². The molecule has 0 aliphatic carbocycles. The summed E-state index contributed by atoms with van der Waals surface area (Å²) in [6, 6.07) is 20.1. The van der Waals surface area contributed by atoms with E-state index in [0.717, 1.165) is 71.5 Å². The van der Waals surface area contributed by atoms with Gasteiger partial charge in [0.05, 0.1) is 38.2 Å². The van der Waals surface area contributed by atoms with Crippen LogP contribution in [0.5, 0.6) is 17.2 Å². The number of para-hydroxylation sites is 3. The number of amides is 1. The van der Waals surface area contributed by atoms with Gasteiger partial charge in [-0.15, -0.1) is 0 Å². The van der Waals surface area contributed by atoms with Gasteiger partial charge >= 0.3 is 0 Å². The number of nitrogens with zero attached hydrogens (tertiary/aromatic N) is 2. The average Bonchev–Trinajstić information content (AvgIpc) is 3.29. The number of unbranched alkanes of at least 4 members (excludes halogenated alkanes) is 2. The van der Waals surface area contributed by atoms with Crippen LogP contribution in [0.4, 0.5) is 0 Å². The minimum Gasteiger partial charge on any atom is -0.493 e. The molecule has 1 amide bonds. The molecule has 4 aromatic rings. The average molecular weight is 530 g/mol. The number of carbonyl (C=O) groups excluding carboxylic acids is 1. The number of benzene rings is 3. The molecular weight excluding hydrogens is 490 g/mol. The molecule has 0 bridgehead atoms. The number of ether oxygens (including phenoxy) is 3. The minimum absolute atomic E-state index is 0.00732. The first-order chi connectivity index (χ1) is 19.0. The number of methoxy groups -OCH3 is 2. The summed E-state index contributed by atoms with van der Waals surface area (Å²) in [4.78, 5) is 17.3. The molecule has 39 heavy (non-hydrogen) atoms. The van der Waals surface area contributed by atoms with Gasteiger partial charge in [-0.1, -0.05) is 42.8 Å². The number of hydrogen-bond acceptors (Lipinski definition) is 5. The van der Waals surface area contributed by atoms with Crippen LogP contribution in [0.1, 0.15) is 41.8 Å². The lowest BCUT2D eigenvalue weighted by Gasteiger charge is -2.14. The Balaban J connectivity index is 1.24. The second-order valence-electron chi connectivity index (χ2n) is 9.76. The van der Waals surface area contributed by atoms with Gasteiger partial charge in [0.2, 0.25) is 5.91 Å². The fraction of sp³-hybridized carbons (Fsp3) is 0.375. The first kappa shape index (κ1) is 28.0. The molecule has 0 unspecified atom stereocenters. The SMILES string of the molecule is COc1ccc(CC(=O)NCCCCCc2nc3ccccc3n2CCOc2c(C)cccc2C)cc1OC. The van der Waals surface area contributed by atoms with Gasteiger partial charge in [-0.3, -0.25) is 4.79 Å². The van der Waals surface area contributed by atoms with Crippen LogP contribution >= 0.6 is 0 Å². The second-order valence-corrected chi connectivity index (χ2v) is 9.76. The van der Waals surface area contributed by atoms with E-state index < -0.39 is 0 Å². The summed E-state index contributed by atoms with van der Waals surface area (Å²) >= 11 is 0. The predicted molar refractivity (Wildman–Crippen MR) is 155 cm³/mol. The largest absolute Gasteiger partial charge is 0.493 e. The van der Waals surface area contributed by atoms with E-state index in [-0.39, 0.29) is 5.91 Å². The third-order valence-electron chi connectivity index (χ3n) is 6.92. The Kier molecular flexibility index (Phi) is 9.84. The first-order valence-electron chi connectivity index (χ1n) is 13.6. The van der Waals surface area contributed by atoms with Crippen LogP contribution in [0.25, 0.3) is 11.0 Å². The molecule has 0 aliphatic heterocycles. The van der Waals surface area contributed by atoms with Crippen molar-refractivity contribution in [2.75, 3.05) is 27.4 Å². The molecule has 3 aromatic carbocycles. The number of rotatable bonds is 14. The Morgan fingerprint density at radius 2 is 1.67 bits per heavy atom. The summed E-state index contributed by atoms with van der Waals surface area (Å²) in [7, 11) is 3.19. The first-order valence-corrected chi connectivity index (χ1v) is 13.6. The maximum atomic E-state index is 12.4. The molecule has 0 spiro atoms. The van der Waals surface area contributed by atoms with Crippen molar-refractivity contribution in [3.8, 4) is 17.2 Å². The number of imidazole rings is 1. The van der Waals surface area contributed by atoms with E-state index in [1.54, 1.807) is 14.2 Å². The maximum absolute atomic E-state index is 12.4. The van der Waals surface area contributed by atoms with Gasteiger partial charge in [-0.05, 0) is 67.6 Å². The van der Waals surface area contributed by atoms with Crippen LogP contribution in [0.15, 0.2) is 60.7 Å². The summed E-state index contributed by atoms with van der Waals surface area (Å²) in [5, 5.41) is 3.03. The standard InChI is InChI=1S/C32H39N3O4/c1-23-11-10-12-24(2)32(23)39-20-19-35-27-14-8-7-13-26(27)34-30(35)15-6-5-9-18-33-31(36)22-25-16-17-28(37-3)29(21-25)38-4/h7-8,10-14,16-17,21H,5-6,9,15,18-20,22H2,1-4H3,(H,33,36). The zero-order valence-electron chi connectivity index (χ0n) is 23.5.